The fourth-order valence-corrected chi connectivity index (χ4v) is 4.25. The molecule has 1 fully saturated rings. The van der Waals surface area contributed by atoms with Gasteiger partial charge >= 0.3 is 0 Å². The van der Waals surface area contributed by atoms with E-state index in [2.05, 4.69) is 72.9 Å². The molecule has 0 unspecified atom stereocenters. The van der Waals surface area contributed by atoms with Crippen molar-refractivity contribution in [1.29, 1.82) is 0 Å². The van der Waals surface area contributed by atoms with Crippen molar-refractivity contribution in [1.82, 2.24) is 4.90 Å². The zero-order valence-corrected chi connectivity index (χ0v) is 14.4. The topological polar surface area (TPSA) is 45.0 Å². The number of amides is 1. The quantitative estimate of drug-likeness (QED) is 0.858. The van der Waals surface area contributed by atoms with Crippen molar-refractivity contribution >= 4 is 18.0 Å². The first kappa shape index (κ1) is 16.1. The molecule has 23 heavy (non-hydrogen) atoms. The van der Waals surface area contributed by atoms with Gasteiger partial charge in [-0.15, -0.1) is 0 Å². The van der Waals surface area contributed by atoms with Gasteiger partial charge in [-0.1, -0.05) is 30.3 Å². The summed E-state index contributed by atoms with van der Waals surface area (Å²) in [4.78, 5) is 22.5. The van der Waals surface area contributed by atoms with Gasteiger partial charge in [0.2, 0.25) is 0 Å². The summed E-state index contributed by atoms with van der Waals surface area (Å²) in [5.41, 5.74) is 1.96. The zero-order chi connectivity index (χ0) is 16.7. The van der Waals surface area contributed by atoms with Crippen molar-refractivity contribution in [3.63, 3.8) is 0 Å². The molecular formula is C19H25N3O. The fraction of sp³-hybridized carbons (Fsp3) is 0.526. The van der Waals surface area contributed by atoms with Gasteiger partial charge in [0.15, 0.2) is 0 Å². The summed E-state index contributed by atoms with van der Waals surface area (Å²) in [7, 11) is 0. The highest BCUT2D eigenvalue weighted by Gasteiger charge is 2.47. The standard InChI is InChI=1S/C19H25N3O/c1-18(2)10-15(16-17(23)21-13-20-16)11-19(3,4)22(18)12-14-8-6-5-7-9-14/h5-9,13,15H,10-12H2,1-4H3. The van der Waals surface area contributed by atoms with Crippen LogP contribution in [0.3, 0.4) is 0 Å². The monoisotopic (exact) mass is 311 g/mol. The molecule has 1 aromatic carbocycles. The third-order valence-corrected chi connectivity index (χ3v) is 5.11. The molecule has 4 heteroatoms. The molecule has 1 saturated heterocycles. The van der Waals surface area contributed by atoms with Gasteiger partial charge in [0.25, 0.3) is 5.91 Å². The number of benzene rings is 1. The summed E-state index contributed by atoms with van der Waals surface area (Å²) >= 11 is 0. The Morgan fingerprint density at radius 2 is 1.70 bits per heavy atom. The zero-order valence-electron chi connectivity index (χ0n) is 14.4. The smallest absolute Gasteiger partial charge is 0.289 e. The highest BCUT2D eigenvalue weighted by atomic mass is 16.1. The molecule has 2 aliphatic heterocycles. The first-order chi connectivity index (χ1) is 10.8. The molecule has 1 amide bonds. The lowest BCUT2D eigenvalue weighted by Crippen LogP contribution is -2.61. The van der Waals surface area contributed by atoms with E-state index in [-0.39, 0.29) is 22.9 Å². The van der Waals surface area contributed by atoms with E-state index >= 15 is 0 Å². The first-order valence-corrected chi connectivity index (χ1v) is 8.26. The Morgan fingerprint density at radius 1 is 1.09 bits per heavy atom. The molecule has 0 aliphatic carbocycles. The minimum atomic E-state index is -0.155. The number of likely N-dealkylation sites (tertiary alicyclic amines) is 1. The first-order valence-electron chi connectivity index (χ1n) is 8.26. The molecule has 2 aliphatic rings. The predicted octanol–water partition coefficient (Wildman–Crippen LogP) is 3.47. The van der Waals surface area contributed by atoms with Crippen LogP contribution in [0.1, 0.15) is 46.1 Å². The van der Waals surface area contributed by atoms with Gasteiger partial charge in [0.05, 0.1) is 0 Å². The Hall–Kier alpha value is -1.81. The average molecular weight is 311 g/mol. The van der Waals surface area contributed by atoms with Crippen molar-refractivity contribution in [2.24, 2.45) is 15.9 Å². The molecule has 0 radical (unpaired) electrons. The van der Waals surface area contributed by atoms with Crippen LogP contribution in [0.2, 0.25) is 0 Å². The van der Waals surface area contributed by atoms with Crippen LogP contribution in [0.5, 0.6) is 0 Å². The molecule has 0 saturated carbocycles. The summed E-state index contributed by atoms with van der Waals surface area (Å²) in [6.45, 7) is 10.00. The van der Waals surface area contributed by atoms with Gasteiger partial charge in [-0.25, -0.2) is 4.99 Å². The molecule has 2 heterocycles. The minimum Gasteiger partial charge on any atom is -0.289 e. The largest absolute Gasteiger partial charge is 0.293 e. The van der Waals surface area contributed by atoms with E-state index < -0.39 is 0 Å². The molecule has 0 spiro atoms. The second-order valence-corrected chi connectivity index (χ2v) is 7.87. The maximum atomic E-state index is 11.9. The second kappa shape index (κ2) is 5.68. The third kappa shape index (κ3) is 3.13. The molecule has 0 aromatic heterocycles. The van der Waals surface area contributed by atoms with Crippen molar-refractivity contribution in [2.45, 2.75) is 58.2 Å². The normalized spacial score (nSPS) is 24.0. The van der Waals surface area contributed by atoms with Crippen LogP contribution in [0.15, 0.2) is 40.3 Å². The molecule has 0 N–H and O–H groups in total. The number of hydrogen-bond donors (Lipinski definition) is 0. The van der Waals surface area contributed by atoms with Crippen LogP contribution in [0.4, 0.5) is 0 Å². The summed E-state index contributed by atoms with van der Waals surface area (Å²) in [5.74, 6) is 0.0279. The highest BCUT2D eigenvalue weighted by molar-refractivity contribution is 6.44. The Morgan fingerprint density at radius 3 is 2.22 bits per heavy atom. The number of rotatable bonds is 3. The number of carbonyl (C=O) groups is 1. The van der Waals surface area contributed by atoms with Crippen LogP contribution >= 0.6 is 0 Å². The molecular weight excluding hydrogens is 286 g/mol. The molecule has 0 atom stereocenters. The van der Waals surface area contributed by atoms with Gasteiger partial charge in [-0.2, -0.15) is 4.99 Å². The fourth-order valence-electron chi connectivity index (χ4n) is 4.25. The lowest BCUT2D eigenvalue weighted by molar-refractivity contribution is -0.112. The predicted molar refractivity (Wildman–Crippen MR) is 93.8 cm³/mol. The van der Waals surface area contributed by atoms with E-state index in [1.807, 2.05) is 0 Å². The number of aliphatic imine (C=N–C) groups is 2. The minimum absolute atomic E-state index is 0.00630. The van der Waals surface area contributed by atoms with Gasteiger partial charge in [-0.3, -0.25) is 9.69 Å². The molecule has 3 rings (SSSR count). The van der Waals surface area contributed by atoms with Crippen molar-refractivity contribution in [2.75, 3.05) is 0 Å². The van der Waals surface area contributed by atoms with E-state index in [0.29, 0.717) is 5.71 Å². The van der Waals surface area contributed by atoms with Crippen molar-refractivity contribution < 1.29 is 4.79 Å². The Balaban J connectivity index is 1.84. The Bertz CT molecular complexity index is 640. The molecule has 4 nitrogen and oxygen atoms in total. The van der Waals surface area contributed by atoms with Gasteiger partial charge in [0.1, 0.15) is 12.1 Å². The maximum absolute atomic E-state index is 11.9. The average Bonchev–Trinajstić information content (AvgIpc) is 2.89. The highest BCUT2D eigenvalue weighted by Crippen LogP contribution is 2.43. The van der Waals surface area contributed by atoms with Gasteiger partial charge in [0, 0.05) is 23.5 Å². The van der Waals surface area contributed by atoms with Crippen LogP contribution in [0, 0.1) is 5.92 Å². The van der Waals surface area contributed by atoms with Gasteiger partial charge in [-0.05, 0) is 46.1 Å². The van der Waals surface area contributed by atoms with Crippen molar-refractivity contribution in [3.05, 3.63) is 35.9 Å². The van der Waals surface area contributed by atoms with Crippen molar-refractivity contribution in [3.8, 4) is 0 Å². The van der Waals surface area contributed by atoms with E-state index in [1.165, 1.54) is 11.9 Å². The Kier molecular flexibility index (Phi) is 3.96. The van der Waals surface area contributed by atoms with Crippen LogP contribution < -0.4 is 0 Å². The van der Waals surface area contributed by atoms with Gasteiger partial charge < -0.3 is 0 Å². The molecule has 122 valence electrons. The second-order valence-electron chi connectivity index (χ2n) is 7.87. The van der Waals surface area contributed by atoms with Crippen LogP contribution in [0.25, 0.3) is 0 Å². The van der Waals surface area contributed by atoms with E-state index in [4.69, 9.17) is 0 Å². The SMILES string of the molecule is CC1(C)CC(C2=NC=NC2=O)CC(C)(C)N1Cc1ccccc1. The lowest BCUT2D eigenvalue weighted by atomic mass is 9.71. The summed E-state index contributed by atoms with van der Waals surface area (Å²) < 4.78 is 0. The molecule has 0 bridgehead atoms. The number of hydrogen-bond acceptors (Lipinski definition) is 3. The summed E-state index contributed by atoms with van der Waals surface area (Å²) in [6, 6.07) is 10.6. The Labute approximate surface area is 138 Å². The molecule has 1 aromatic rings. The number of nitrogens with zero attached hydrogens (tertiary/aromatic N) is 3. The van der Waals surface area contributed by atoms with Crippen LogP contribution in [-0.2, 0) is 11.3 Å². The van der Waals surface area contributed by atoms with E-state index in [0.717, 1.165) is 19.4 Å². The third-order valence-electron chi connectivity index (χ3n) is 5.11. The summed E-state index contributed by atoms with van der Waals surface area (Å²) in [5, 5.41) is 0. The lowest BCUT2D eigenvalue weighted by Gasteiger charge is -2.55. The van der Waals surface area contributed by atoms with E-state index in [1.54, 1.807) is 0 Å². The maximum Gasteiger partial charge on any atom is 0.293 e. The number of piperidine rings is 1. The summed E-state index contributed by atoms with van der Waals surface area (Å²) in [6.07, 6.45) is 3.25. The van der Waals surface area contributed by atoms with Crippen LogP contribution in [-0.4, -0.2) is 33.9 Å². The number of carbonyl (C=O) groups excluding carboxylic acids is 1. The van der Waals surface area contributed by atoms with E-state index in [9.17, 15) is 4.79 Å².